The van der Waals surface area contributed by atoms with E-state index in [9.17, 15) is 18.3 Å². The quantitative estimate of drug-likeness (QED) is 0.839. The van der Waals surface area contributed by atoms with Crippen LogP contribution in [0.5, 0.6) is 0 Å². The van der Waals surface area contributed by atoms with Gasteiger partial charge >= 0.3 is 0 Å². The lowest BCUT2D eigenvalue weighted by Crippen LogP contribution is -2.39. The Bertz CT molecular complexity index is 717. The normalized spacial score (nSPS) is 18.8. The van der Waals surface area contributed by atoms with Crippen molar-refractivity contribution in [1.82, 2.24) is 4.31 Å². The van der Waals surface area contributed by atoms with Crippen molar-refractivity contribution >= 4 is 15.8 Å². The first-order chi connectivity index (χ1) is 10.4. The van der Waals surface area contributed by atoms with Gasteiger partial charge in [-0.3, -0.25) is 9.10 Å². The molecule has 118 valence electrons. The van der Waals surface area contributed by atoms with Crippen LogP contribution in [0.15, 0.2) is 53.1 Å². The molecule has 0 saturated heterocycles. The third-order valence-corrected chi connectivity index (χ3v) is 5.39. The number of hydrogen-bond acceptors (Lipinski definition) is 4. The van der Waals surface area contributed by atoms with Crippen molar-refractivity contribution in [3.63, 3.8) is 0 Å². The van der Waals surface area contributed by atoms with Crippen molar-refractivity contribution in [2.75, 3.05) is 6.61 Å². The summed E-state index contributed by atoms with van der Waals surface area (Å²) in [5.41, 5.74) is 1.04. The van der Waals surface area contributed by atoms with E-state index in [1.165, 1.54) is 18.2 Å². The highest BCUT2D eigenvalue weighted by molar-refractivity contribution is 7.89. The van der Waals surface area contributed by atoms with E-state index >= 15 is 0 Å². The number of carbonyl (C=O) groups excluding carboxylic acids is 1. The van der Waals surface area contributed by atoms with Crippen LogP contribution in [0.1, 0.15) is 18.9 Å². The molecule has 0 fully saturated rings. The highest BCUT2D eigenvalue weighted by Gasteiger charge is 2.38. The third kappa shape index (κ3) is 2.98. The van der Waals surface area contributed by atoms with Gasteiger partial charge in [0.05, 0.1) is 23.2 Å². The fourth-order valence-electron chi connectivity index (χ4n) is 2.37. The van der Waals surface area contributed by atoms with Gasteiger partial charge < -0.3 is 5.11 Å². The summed E-state index contributed by atoms with van der Waals surface area (Å²) in [5.74, 6) is -0.380. The van der Waals surface area contributed by atoms with Gasteiger partial charge in [0.15, 0.2) is 0 Å². The van der Waals surface area contributed by atoms with Crippen LogP contribution in [-0.2, 0) is 14.8 Å². The number of nitrogens with zero attached hydrogens (tertiary/aromatic N) is 1. The maximum Gasteiger partial charge on any atom is 0.264 e. The third-order valence-electron chi connectivity index (χ3n) is 3.51. The molecule has 1 aromatic rings. The van der Waals surface area contributed by atoms with Crippen LogP contribution in [0.2, 0.25) is 0 Å². The highest BCUT2D eigenvalue weighted by atomic mass is 32.2. The molecule has 0 unspecified atom stereocenters. The molecule has 0 bridgehead atoms. The van der Waals surface area contributed by atoms with Gasteiger partial charge in [0.25, 0.3) is 10.0 Å². The zero-order chi connectivity index (χ0) is 16.3. The number of allylic oxidation sites excluding steroid dienone is 2. The topological polar surface area (TPSA) is 74.7 Å². The standard InChI is InChI=1S/C16H19NO4S/c1-3-4-16(19)15-10-7-13(11-18)17(15)22(20,21)14-8-5-12(2)6-9-14/h3-6,8-10,13,18H,7,11H2,1-2H3/b4-3+/t13-/m0/s1. The fourth-order valence-corrected chi connectivity index (χ4v) is 4.05. The number of carbonyl (C=O) groups is 1. The zero-order valence-corrected chi connectivity index (χ0v) is 13.4. The van der Waals surface area contributed by atoms with E-state index in [4.69, 9.17) is 0 Å². The first-order valence-corrected chi connectivity index (χ1v) is 8.45. The minimum atomic E-state index is -3.88. The molecule has 1 aromatic carbocycles. The number of sulfonamides is 1. The molecule has 0 spiro atoms. The lowest BCUT2D eigenvalue weighted by molar-refractivity contribution is -0.112. The van der Waals surface area contributed by atoms with Crippen LogP contribution in [0, 0.1) is 6.92 Å². The average Bonchev–Trinajstić information content (AvgIpc) is 2.92. The maximum absolute atomic E-state index is 12.8. The number of rotatable bonds is 5. The summed E-state index contributed by atoms with van der Waals surface area (Å²) in [6, 6.07) is 5.78. The van der Waals surface area contributed by atoms with E-state index in [-0.39, 0.29) is 23.0 Å². The first-order valence-electron chi connectivity index (χ1n) is 7.01. The molecule has 6 heteroatoms. The lowest BCUT2D eigenvalue weighted by atomic mass is 10.2. The van der Waals surface area contributed by atoms with Gasteiger partial charge in [-0.2, -0.15) is 0 Å². The molecule has 1 aliphatic heterocycles. The molecule has 0 amide bonds. The maximum atomic E-state index is 12.8. The van der Waals surface area contributed by atoms with Crippen molar-refractivity contribution in [3.8, 4) is 0 Å². The Labute approximate surface area is 130 Å². The Morgan fingerprint density at radius 3 is 2.55 bits per heavy atom. The predicted molar refractivity (Wildman–Crippen MR) is 83.6 cm³/mol. The van der Waals surface area contributed by atoms with Gasteiger partial charge in [0.2, 0.25) is 5.78 Å². The van der Waals surface area contributed by atoms with E-state index in [1.54, 1.807) is 31.2 Å². The Morgan fingerprint density at radius 1 is 1.36 bits per heavy atom. The second-order valence-corrected chi connectivity index (χ2v) is 6.95. The van der Waals surface area contributed by atoms with E-state index in [2.05, 4.69) is 0 Å². The minimum Gasteiger partial charge on any atom is -0.394 e. The van der Waals surface area contributed by atoms with Gasteiger partial charge in [-0.1, -0.05) is 29.8 Å². The summed E-state index contributed by atoms with van der Waals surface area (Å²) < 4.78 is 26.7. The minimum absolute atomic E-state index is 0.0951. The fraction of sp³-hybridized carbons (Fsp3) is 0.312. The van der Waals surface area contributed by atoms with Gasteiger partial charge in [-0.25, -0.2) is 8.42 Å². The van der Waals surface area contributed by atoms with Gasteiger partial charge in [-0.05, 0) is 38.5 Å². The van der Waals surface area contributed by atoms with Gasteiger partial charge in [0, 0.05) is 0 Å². The van der Waals surface area contributed by atoms with Crippen LogP contribution >= 0.6 is 0 Å². The first kappa shape index (κ1) is 16.5. The summed E-state index contributed by atoms with van der Waals surface area (Å²) in [5, 5.41) is 9.45. The molecule has 1 atom stereocenters. The van der Waals surface area contributed by atoms with E-state index in [0.29, 0.717) is 6.42 Å². The van der Waals surface area contributed by atoms with Crippen molar-refractivity contribution in [2.45, 2.75) is 31.2 Å². The van der Waals surface area contributed by atoms with Gasteiger partial charge in [0.1, 0.15) is 0 Å². The van der Waals surface area contributed by atoms with E-state index in [0.717, 1.165) is 9.87 Å². The molecule has 1 heterocycles. The monoisotopic (exact) mass is 321 g/mol. The molecular formula is C16H19NO4S. The van der Waals surface area contributed by atoms with Crippen LogP contribution in [0.25, 0.3) is 0 Å². The summed E-state index contributed by atoms with van der Waals surface area (Å²) >= 11 is 0. The van der Waals surface area contributed by atoms with E-state index in [1.807, 2.05) is 6.92 Å². The number of aliphatic hydroxyl groups is 1. The smallest absolute Gasteiger partial charge is 0.264 e. The largest absolute Gasteiger partial charge is 0.394 e. The second-order valence-electron chi connectivity index (χ2n) is 5.14. The molecule has 0 saturated carbocycles. The number of aliphatic hydroxyl groups excluding tert-OH is 1. The molecule has 1 aliphatic rings. The van der Waals surface area contributed by atoms with Crippen molar-refractivity contribution < 1.29 is 18.3 Å². The summed E-state index contributed by atoms with van der Waals surface area (Å²) in [7, 11) is -3.88. The number of hydrogen-bond donors (Lipinski definition) is 1. The number of benzene rings is 1. The van der Waals surface area contributed by atoms with Crippen LogP contribution in [-0.4, -0.2) is 36.3 Å². The SMILES string of the molecule is C/C=C/C(=O)C1=CC[C@@H](CO)N1S(=O)(=O)c1ccc(C)cc1. The Morgan fingerprint density at radius 2 is 2.00 bits per heavy atom. The zero-order valence-electron chi connectivity index (χ0n) is 12.6. The lowest BCUT2D eigenvalue weighted by Gasteiger charge is -2.27. The summed E-state index contributed by atoms with van der Waals surface area (Å²) in [4.78, 5) is 12.2. The van der Waals surface area contributed by atoms with Gasteiger partial charge in [-0.15, -0.1) is 0 Å². The Balaban J connectivity index is 2.47. The Hall–Kier alpha value is -1.92. The number of aryl methyl sites for hydroxylation is 1. The van der Waals surface area contributed by atoms with Crippen molar-refractivity contribution in [3.05, 3.63) is 53.8 Å². The van der Waals surface area contributed by atoms with Crippen LogP contribution in [0.4, 0.5) is 0 Å². The molecule has 5 nitrogen and oxygen atoms in total. The molecule has 2 rings (SSSR count). The Kier molecular flexibility index (Phi) is 4.83. The highest BCUT2D eigenvalue weighted by Crippen LogP contribution is 2.30. The molecule has 0 radical (unpaired) electrons. The van der Waals surface area contributed by atoms with E-state index < -0.39 is 16.1 Å². The molecule has 0 aromatic heterocycles. The molecular weight excluding hydrogens is 302 g/mol. The van der Waals surface area contributed by atoms with Crippen molar-refractivity contribution in [1.29, 1.82) is 0 Å². The van der Waals surface area contributed by atoms with Crippen LogP contribution < -0.4 is 0 Å². The number of ketones is 1. The summed E-state index contributed by atoms with van der Waals surface area (Å²) in [6.07, 6.45) is 4.77. The molecule has 0 aliphatic carbocycles. The average molecular weight is 321 g/mol. The molecule has 22 heavy (non-hydrogen) atoms. The second kappa shape index (κ2) is 6.46. The van der Waals surface area contributed by atoms with Crippen molar-refractivity contribution in [2.24, 2.45) is 0 Å². The predicted octanol–water partition coefficient (Wildman–Crippen LogP) is 1.78. The van der Waals surface area contributed by atoms with Crippen LogP contribution in [0.3, 0.4) is 0 Å². The molecule has 1 N–H and O–H groups in total. The summed E-state index contributed by atoms with van der Waals surface area (Å²) in [6.45, 7) is 3.22.